The van der Waals surface area contributed by atoms with Gasteiger partial charge in [0.15, 0.2) is 0 Å². The van der Waals surface area contributed by atoms with Crippen LogP contribution < -0.4 is 18.9 Å². The number of amides is 3. The smallest absolute Gasteiger partial charge is 0.273 e. The minimum atomic E-state index is -4.06. The third-order valence-corrected chi connectivity index (χ3v) is 17.0. The van der Waals surface area contributed by atoms with Crippen LogP contribution in [0.1, 0.15) is 34.2 Å². The molecule has 0 saturated heterocycles. The number of carbonyl (C=O) groups is 3. The Kier molecular flexibility index (Phi) is 19.0. The van der Waals surface area contributed by atoms with Crippen molar-refractivity contribution in [3.8, 4) is 22.8 Å². The van der Waals surface area contributed by atoms with Crippen LogP contribution in [-0.4, -0.2) is 79.4 Å². The highest BCUT2D eigenvalue weighted by atomic mass is 35.5. The van der Waals surface area contributed by atoms with E-state index in [1.807, 2.05) is 84.4 Å². The van der Waals surface area contributed by atoms with Crippen molar-refractivity contribution in [2.75, 3.05) is 7.11 Å². The molecule has 4 aromatic heterocycles. The first-order chi connectivity index (χ1) is 37.5. The third-order valence-electron chi connectivity index (χ3n) is 10.9. The molecule has 0 aliphatic heterocycles. The average Bonchev–Trinajstić information content (AvgIpc) is 4.22. The molecule has 3 amide bonds. The van der Waals surface area contributed by atoms with Gasteiger partial charge >= 0.3 is 0 Å². The lowest BCUT2D eigenvalue weighted by Crippen LogP contribution is -2.32. The summed E-state index contributed by atoms with van der Waals surface area (Å²) in [7, 11) is -10.4. The topological polar surface area (TPSA) is 252 Å². The second-order valence-electron chi connectivity index (χ2n) is 17.0. The van der Waals surface area contributed by atoms with Crippen molar-refractivity contribution >= 4 is 82.3 Å². The van der Waals surface area contributed by atoms with Crippen molar-refractivity contribution in [3.05, 3.63) is 213 Å². The number of sulfonamides is 3. The molecule has 3 N–H and O–H groups in total. The van der Waals surface area contributed by atoms with E-state index in [9.17, 15) is 44.0 Å². The number of benzene rings is 5. The van der Waals surface area contributed by atoms with Crippen LogP contribution in [-0.2, 0) is 63.7 Å². The maximum absolute atomic E-state index is 12.9. The van der Waals surface area contributed by atoms with Crippen molar-refractivity contribution in [2.24, 2.45) is 0 Å². The van der Waals surface area contributed by atoms with Gasteiger partial charge in [-0.15, -0.1) is 11.3 Å². The van der Waals surface area contributed by atoms with Crippen molar-refractivity contribution in [3.63, 3.8) is 0 Å². The van der Waals surface area contributed by atoms with E-state index in [4.69, 9.17) is 27.9 Å². The van der Waals surface area contributed by atoms with E-state index in [0.29, 0.717) is 49.3 Å². The van der Waals surface area contributed by atoms with Gasteiger partial charge in [0.05, 0.1) is 86.0 Å². The normalized spacial score (nSPS) is 11.3. The summed E-state index contributed by atoms with van der Waals surface area (Å²) >= 11 is 12.4. The van der Waals surface area contributed by atoms with Crippen LogP contribution in [0, 0.1) is 26.6 Å². The monoisotopic (exact) mass is 1190 g/mol. The number of hydrogen-bond donors (Lipinski definition) is 3. The summed E-state index contributed by atoms with van der Waals surface area (Å²) in [6.07, 6.45) is -0.462. The number of hydrogen-bond acceptors (Lipinski definition) is 14. The van der Waals surface area contributed by atoms with Gasteiger partial charge in [0, 0.05) is 5.02 Å². The number of aromatic nitrogens is 6. The largest absolute Gasteiger partial charge is 0.494 e. The molecule has 0 fully saturated rings. The zero-order valence-electron chi connectivity index (χ0n) is 42.2. The minimum absolute atomic E-state index is 0.00130. The standard InChI is InChI=1S/C19H18ClN3O4S.C18H16FN3O3S.C16H14ClN3O3S2/c1-13-11-15(23(21-13)17-5-3-4-6-18(17)27-2)12-19(24)22-28(25,26)16-9-7-14(20)8-10-16;1-13-11-16(22(20-13)15-5-3-2-4-6-15)12-18(23)21-26(24,25)17-9-7-14(19)8-10-17;1-11-9-13(20(18-11)12-5-3-2-4-6-12)10-15(21)19-25(22,23)16-8-7-14(17)24-16/h3-11H,12H2,1-2H3,(H,22,24);2-11H,12H2,1H3,(H,21,23);2-9H,10H2,1H3,(H,19,21). The summed E-state index contributed by atoms with van der Waals surface area (Å²) < 4.78 is 103. The molecule has 0 bridgehead atoms. The predicted octanol–water partition coefficient (Wildman–Crippen LogP) is 8.20. The molecule has 410 valence electrons. The summed E-state index contributed by atoms with van der Waals surface area (Å²) in [5.74, 6) is -1.99. The van der Waals surface area contributed by atoms with Crippen LogP contribution in [0.25, 0.3) is 17.1 Å². The number of nitrogens with one attached hydrogen (secondary N) is 3. The summed E-state index contributed by atoms with van der Waals surface area (Å²) in [5, 5.41) is 13.5. The van der Waals surface area contributed by atoms with Crippen LogP contribution in [0.4, 0.5) is 4.39 Å². The van der Waals surface area contributed by atoms with Gasteiger partial charge in [-0.1, -0.05) is 71.7 Å². The second kappa shape index (κ2) is 25.6. The molecular formula is C53H48Cl2FN9O10S4. The highest BCUT2D eigenvalue weighted by molar-refractivity contribution is 7.92. The van der Waals surface area contributed by atoms with Gasteiger partial charge in [-0.25, -0.2) is 57.9 Å². The van der Waals surface area contributed by atoms with Gasteiger partial charge in [-0.2, -0.15) is 15.3 Å². The lowest BCUT2D eigenvalue weighted by molar-refractivity contribution is -0.119. The van der Waals surface area contributed by atoms with Crippen LogP contribution >= 0.6 is 34.5 Å². The predicted molar refractivity (Wildman–Crippen MR) is 296 cm³/mol. The molecule has 26 heteroatoms. The Hall–Kier alpha value is -8.00. The lowest BCUT2D eigenvalue weighted by Gasteiger charge is -2.12. The van der Waals surface area contributed by atoms with E-state index in [2.05, 4.69) is 24.7 Å². The summed E-state index contributed by atoms with van der Waals surface area (Å²) in [5.41, 5.74) is 6.04. The van der Waals surface area contributed by atoms with Crippen LogP contribution in [0.2, 0.25) is 9.36 Å². The summed E-state index contributed by atoms with van der Waals surface area (Å²) in [6, 6.07) is 43.6. The molecule has 0 aliphatic carbocycles. The van der Waals surface area contributed by atoms with Gasteiger partial charge in [-0.05, 0) is 136 Å². The summed E-state index contributed by atoms with van der Waals surface area (Å²) in [4.78, 5) is 36.7. The Morgan fingerprint density at radius 3 is 1.34 bits per heavy atom. The molecule has 4 heterocycles. The Labute approximate surface area is 468 Å². The number of para-hydroxylation sites is 4. The Morgan fingerprint density at radius 2 is 0.911 bits per heavy atom. The fourth-order valence-electron chi connectivity index (χ4n) is 7.52. The Morgan fingerprint density at radius 1 is 0.519 bits per heavy atom. The fourth-order valence-corrected chi connectivity index (χ4v) is 12.1. The number of nitrogens with zero attached hydrogens (tertiary/aromatic N) is 6. The number of ether oxygens (including phenoxy) is 1. The maximum atomic E-state index is 12.9. The molecular weight excluding hydrogens is 1140 g/mol. The lowest BCUT2D eigenvalue weighted by atomic mass is 10.2. The van der Waals surface area contributed by atoms with E-state index in [1.54, 1.807) is 65.3 Å². The van der Waals surface area contributed by atoms with Crippen molar-refractivity contribution in [1.82, 2.24) is 43.5 Å². The maximum Gasteiger partial charge on any atom is 0.273 e. The van der Waals surface area contributed by atoms with E-state index in [0.717, 1.165) is 52.7 Å². The molecule has 0 unspecified atom stereocenters. The van der Waals surface area contributed by atoms with Crippen LogP contribution in [0.3, 0.4) is 0 Å². The molecule has 0 radical (unpaired) electrons. The fraction of sp³-hybridized carbons (Fsp3) is 0.132. The van der Waals surface area contributed by atoms with Gasteiger partial charge in [0.2, 0.25) is 17.7 Å². The van der Waals surface area contributed by atoms with Crippen molar-refractivity contribution in [2.45, 2.75) is 54.0 Å². The van der Waals surface area contributed by atoms with Crippen molar-refractivity contribution < 1.29 is 48.8 Å². The zero-order chi connectivity index (χ0) is 57.1. The number of carbonyl (C=O) groups excluding carboxylic acids is 3. The second-order valence-corrected chi connectivity index (χ2v) is 24.4. The van der Waals surface area contributed by atoms with E-state index in [1.165, 1.54) is 36.4 Å². The summed E-state index contributed by atoms with van der Waals surface area (Å²) in [6.45, 7) is 5.39. The van der Waals surface area contributed by atoms with Crippen molar-refractivity contribution in [1.29, 1.82) is 0 Å². The first kappa shape index (κ1) is 58.7. The zero-order valence-corrected chi connectivity index (χ0v) is 47.0. The number of rotatable bonds is 16. The van der Waals surface area contributed by atoms with Crippen LogP contribution in [0.15, 0.2) is 178 Å². The average molecular weight is 1190 g/mol. The van der Waals surface area contributed by atoms with E-state index in [-0.39, 0.29) is 33.3 Å². The van der Waals surface area contributed by atoms with Gasteiger partial charge < -0.3 is 4.74 Å². The third kappa shape index (κ3) is 15.8. The Bertz CT molecular complexity index is 3970. The van der Waals surface area contributed by atoms with E-state index < -0.39 is 53.6 Å². The Balaban J connectivity index is 0.000000172. The number of methoxy groups -OCH3 is 1. The van der Waals surface area contributed by atoms with Gasteiger partial charge in [0.25, 0.3) is 30.1 Å². The number of thiophene rings is 1. The molecule has 0 atom stereocenters. The van der Waals surface area contributed by atoms with Crippen LogP contribution in [0.5, 0.6) is 5.75 Å². The SMILES string of the molecule is COc1ccccc1-n1nc(C)cc1CC(=O)NS(=O)(=O)c1ccc(Cl)cc1.Cc1cc(CC(=O)NS(=O)(=O)c2ccc(Cl)s2)n(-c2ccccc2)n1.Cc1cc(CC(=O)NS(=O)(=O)c2ccc(F)cc2)n(-c2ccccc2)n1. The quantitative estimate of drug-likeness (QED) is 0.0826. The minimum Gasteiger partial charge on any atom is -0.494 e. The highest BCUT2D eigenvalue weighted by Gasteiger charge is 2.24. The molecule has 9 rings (SSSR count). The first-order valence-electron chi connectivity index (χ1n) is 23.3. The van der Waals surface area contributed by atoms with Gasteiger partial charge in [0.1, 0.15) is 21.5 Å². The molecule has 0 aliphatic rings. The molecule has 5 aromatic carbocycles. The number of halogens is 3. The highest BCUT2D eigenvalue weighted by Crippen LogP contribution is 2.27. The van der Waals surface area contributed by atoms with Gasteiger partial charge in [-0.3, -0.25) is 14.4 Å². The molecule has 19 nitrogen and oxygen atoms in total. The van der Waals surface area contributed by atoms with E-state index >= 15 is 0 Å². The first-order valence-corrected chi connectivity index (χ1v) is 29.4. The molecule has 0 spiro atoms. The molecule has 79 heavy (non-hydrogen) atoms. The molecule has 9 aromatic rings. The number of aryl methyl sites for hydroxylation is 3. The molecule has 0 saturated carbocycles.